The van der Waals surface area contributed by atoms with Crippen molar-refractivity contribution in [3.63, 3.8) is 0 Å². The van der Waals surface area contributed by atoms with Gasteiger partial charge in [-0.05, 0) is 79.5 Å². The van der Waals surface area contributed by atoms with Crippen LogP contribution in [0.3, 0.4) is 0 Å². The van der Waals surface area contributed by atoms with E-state index in [0.29, 0.717) is 12.5 Å². The van der Waals surface area contributed by atoms with Crippen molar-refractivity contribution in [2.45, 2.75) is 32.2 Å². The predicted molar refractivity (Wildman–Crippen MR) is 123 cm³/mol. The number of alkyl carbamates (subject to hydrolysis) is 1. The number of likely N-dealkylation sites (tertiary alicyclic amines) is 1. The number of carbonyl (C=O) groups excluding carboxylic acids is 1. The Bertz CT molecular complexity index is 1040. The number of ether oxygens (including phenoxy) is 1. The number of rotatable bonds is 5. The Kier molecular flexibility index (Phi) is 6.55. The molecule has 2 aliphatic heterocycles. The van der Waals surface area contributed by atoms with Crippen LogP contribution < -0.4 is 5.32 Å². The summed E-state index contributed by atoms with van der Waals surface area (Å²) in [5, 5.41) is 2.85. The van der Waals surface area contributed by atoms with Crippen LogP contribution in [-0.4, -0.2) is 53.2 Å². The van der Waals surface area contributed by atoms with Gasteiger partial charge >= 0.3 is 6.09 Å². The molecule has 168 valence electrons. The van der Waals surface area contributed by atoms with Gasteiger partial charge < -0.3 is 19.9 Å². The normalized spacial score (nSPS) is 19.3. The fourth-order valence-electron chi connectivity index (χ4n) is 4.56. The highest BCUT2D eigenvalue weighted by Crippen LogP contribution is 2.37. The summed E-state index contributed by atoms with van der Waals surface area (Å²) in [5.41, 5.74) is 5.38. The lowest BCUT2D eigenvalue weighted by atomic mass is 9.92. The Morgan fingerprint density at radius 3 is 2.44 bits per heavy atom. The summed E-state index contributed by atoms with van der Waals surface area (Å²) in [5.74, 6) is 0.192. The standard InChI is InChI=1S/C24H25FN4O2.CH4/c25-19-3-1-18(2-4-19)23-21(16-5-9-26-10-6-16)13-22(28-23)17-7-11-29(12-8-17)14-20-15-31-24(30)27-20;/h1-6,9-10,13,17,20,28H,7-8,11-12,14-15H2,(H,27,30);1H4/t20-;/m1./s1. The van der Waals surface area contributed by atoms with E-state index in [1.165, 1.54) is 17.8 Å². The summed E-state index contributed by atoms with van der Waals surface area (Å²) in [6.07, 6.45) is 5.35. The molecule has 5 rings (SSSR count). The number of halogens is 1. The molecular weight excluding hydrogens is 407 g/mol. The van der Waals surface area contributed by atoms with Gasteiger partial charge in [0, 0.05) is 36.1 Å². The van der Waals surface area contributed by atoms with Crippen LogP contribution in [0.1, 0.15) is 31.9 Å². The molecule has 0 aliphatic carbocycles. The number of pyridine rings is 1. The van der Waals surface area contributed by atoms with Gasteiger partial charge in [-0.3, -0.25) is 4.98 Å². The number of aromatic nitrogens is 2. The predicted octanol–water partition coefficient (Wildman–Crippen LogP) is 4.81. The lowest BCUT2D eigenvalue weighted by molar-refractivity contribution is 0.169. The van der Waals surface area contributed by atoms with Gasteiger partial charge in [-0.2, -0.15) is 0 Å². The molecule has 1 amide bonds. The molecule has 1 atom stereocenters. The van der Waals surface area contributed by atoms with Crippen molar-refractivity contribution in [2.24, 2.45) is 0 Å². The number of piperidine rings is 1. The van der Waals surface area contributed by atoms with Gasteiger partial charge in [-0.1, -0.05) is 7.43 Å². The molecule has 6 nitrogen and oxygen atoms in total. The van der Waals surface area contributed by atoms with Crippen LogP contribution in [0, 0.1) is 5.82 Å². The zero-order valence-electron chi connectivity index (χ0n) is 17.2. The summed E-state index contributed by atoms with van der Waals surface area (Å²) in [7, 11) is 0. The Labute approximate surface area is 187 Å². The molecule has 0 spiro atoms. The van der Waals surface area contributed by atoms with Crippen LogP contribution in [0.25, 0.3) is 22.4 Å². The largest absolute Gasteiger partial charge is 0.447 e. The van der Waals surface area contributed by atoms with Gasteiger partial charge in [0.2, 0.25) is 0 Å². The zero-order chi connectivity index (χ0) is 21.2. The second-order valence-electron chi connectivity index (χ2n) is 8.27. The highest BCUT2D eigenvalue weighted by molar-refractivity contribution is 5.82. The van der Waals surface area contributed by atoms with E-state index in [1.807, 2.05) is 24.3 Å². The fraction of sp³-hybridized carbons (Fsp3) is 0.360. The number of cyclic esters (lactones) is 1. The van der Waals surface area contributed by atoms with Gasteiger partial charge in [0.05, 0.1) is 11.7 Å². The van der Waals surface area contributed by atoms with E-state index >= 15 is 0 Å². The van der Waals surface area contributed by atoms with E-state index in [4.69, 9.17) is 4.74 Å². The molecule has 4 heterocycles. The molecule has 0 saturated carbocycles. The maximum absolute atomic E-state index is 13.5. The van der Waals surface area contributed by atoms with Crippen LogP contribution in [0.5, 0.6) is 0 Å². The summed E-state index contributed by atoms with van der Waals surface area (Å²) in [4.78, 5) is 21.4. The number of aromatic amines is 1. The topological polar surface area (TPSA) is 70.2 Å². The smallest absolute Gasteiger partial charge is 0.407 e. The fourth-order valence-corrected chi connectivity index (χ4v) is 4.56. The van der Waals surface area contributed by atoms with E-state index < -0.39 is 0 Å². The number of nitrogens with one attached hydrogen (secondary N) is 2. The quantitative estimate of drug-likeness (QED) is 0.602. The molecule has 7 heteroatoms. The van der Waals surface area contributed by atoms with Crippen LogP contribution in [0.15, 0.2) is 54.9 Å². The van der Waals surface area contributed by atoms with Crippen molar-refractivity contribution in [1.29, 1.82) is 0 Å². The van der Waals surface area contributed by atoms with Crippen LogP contribution in [0.4, 0.5) is 9.18 Å². The van der Waals surface area contributed by atoms with Crippen LogP contribution >= 0.6 is 0 Å². The summed E-state index contributed by atoms with van der Waals surface area (Å²) in [6.45, 7) is 3.23. The minimum absolute atomic E-state index is 0. The van der Waals surface area contributed by atoms with Crippen molar-refractivity contribution in [3.8, 4) is 22.4 Å². The molecule has 1 aromatic carbocycles. The van der Waals surface area contributed by atoms with E-state index in [0.717, 1.165) is 54.9 Å². The summed E-state index contributed by atoms with van der Waals surface area (Å²) >= 11 is 0. The maximum atomic E-state index is 13.5. The lowest BCUT2D eigenvalue weighted by Crippen LogP contribution is -2.43. The molecule has 2 fully saturated rings. The molecule has 2 aromatic heterocycles. The molecule has 0 unspecified atom stereocenters. The molecule has 2 aliphatic rings. The van der Waals surface area contributed by atoms with Gasteiger partial charge in [-0.25, -0.2) is 9.18 Å². The van der Waals surface area contributed by atoms with Gasteiger partial charge in [0.15, 0.2) is 0 Å². The summed E-state index contributed by atoms with van der Waals surface area (Å²) < 4.78 is 18.5. The average Bonchev–Trinajstić information content (AvgIpc) is 3.42. The number of hydrogen-bond donors (Lipinski definition) is 2. The number of nitrogens with zero attached hydrogens (tertiary/aromatic N) is 2. The molecule has 3 aromatic rings. The number of H-pyrrole nitrogens is 1. The van der Waals surface area contributed by atoms with Gasteiger partial charge in [0.25, 0.3) is 0 Å². The van der Waals surface area contributed by atoms with Crippen molar-refractivity contribution >= 4 is 6.09 Å². The highest BCUT2D eigenvalue weighted by atomic mass is 19.1. The van der Waals surface area contributed by atoms with E-state index in [2.05, 4.69) is 26.3 Å². The molecule has 2 saturated heterocycles. The maximum Gasteiger partial charge on any atom is 0.407 e. The minimum atomic E-state index is -0.316. The Morgan fingerprint density at radius 1 is 1.06 bits per heavy atom. The summed E-state index contributed by atoms with van der Waals surface area (Å²) in [6, 6.07) is 12.9. The monoisotopic (exact) mass is 436 g/mol. The van der Waals surface area contributed by atoms with Crippen molar-refractivity contribution in [2.75, 3.05) is 26.2 Å². The average molecular weight is 437 g/mol. The number of benzene rings is 1. The zero-order valence-corrected chi connectivity index (χ0v) is 17.2. The van der Waals surface area contributed by atoms with Crippen LogP contribution in [-0.2, 0) is 4.74 Å². The van der Waals surface area contributed by atoms with E-state index in [-0.39, 0.29) is 25.4 Å². The Balaban J connectivity index is 0.00000245. The third kappa shape index (κ3) is 4.67. The van der Waals surface area contributed by atoms with Crippen molar-refractivity contribution in [1.82, 2.24) is 20.2 Å². The molecule has 0 bridgehead atoms. The Morgan fingerprint density at radius 2 is 1.78 bits per heavy atom. The first kappa shape index (κ1) is 22.0. The molecule has 0 radical (unpaired) electrons. The molecule has 2 N–H and O–H groups in total. The Hall–Kier alpha value is -3.19. The number of hydrogen-bond acceptors (Lipinski definition) is 4. The van der Waals surface area contributed by atoms with Gasteiger partial charge in [-0.15, -0.1) is 0 Å². The first-order valence-corrected chi connectivity index (χ1v) is 10.7. The van der Waals surface area contributed by atoms with E-state index in [1.54, 1.807) is 12.4 Å². The van der Waals surface area contributed by atoms with E-state index in [9.17, 15) is 9.18 Å². The lowest BCUT2D eigenvalue weighted by Gasteiger charge is -2.32. The minimum Gasteiger partial charge on any atom is -0.447 e. The molecular formula is C25H29FN4O2. The number of amides is 1. The number of carbonyl (C=O) groups is 1. The highest BCUT2D eigenvalue weighted by Gasteiger charge is 2.28. The SMILES string of the molecule is C.O=C1N[C@H](CN2CCC(c3cc(-c4ccncc4)c(-c4ccc(F)cc4)[nH]3)CC2)CO1. The second-order valence-corrected chi connectivity index (χ2v) is 8.27. The third-order valence-electron chi connectivity index (χ3n) is 6.21. The van der Waals surface area contributed by atoms with Crippen molar-refractivity contribution < 1.29 is 13.9 Å². The van der Waals surface area contributed by atoms with Gasteiger partial charge in [0.1, 0.15) is 12.4 Å². The molecule has 32 heavy (non-hydrogen) atoms. The second kappa shape index (κ2) is 9.53. The van der Waals surface area contributed by atoms with Crippen LogP contribution in [0.2, 0.25) is 0 Å². The first-order chi connectivity index (χ1) is 15.2. The van der Waals surface area contributed by atoms with Crippen molar-refractivity contribution in [3.05, 3.63) is 66.4 Å². The first-order valence-electron chi connectivity index (χ1n) is 10.7. The third-order valence-corrected chi connectivity index (χ3v) is 6.21.